The third-order valence-electron chi connectivity index (χ3n) is 1.71. The Morgan fingerprint density at radius 3 is 3.00 bits per heavy atom. The molecule has 3 N–H and O–H groups in total. The molecule has 6 heteroatoms. The number of nitrogen functional groups attached to an aromatic ring is 1. The smallest absolute Gasteiger partial charge is 0.316 e. The van der Waals surface area contributed by atoms with E-state index in [1.165, 1.54) is 0 Å². The van der Waals surface area contributed by atoms with Crippen molar-refractivity contribution in [2.45, 2.75) is 0 Å². The molecule has 0 bridgehead atoms. The topological polar surface area (TPSA) is 94.0 Å². The summed E-state index contributed by atoms with van der Waals surface area (Å²) in [6, 6.07) is 4.82. The lowest BCUT2D eigenvalue weighted by Crippen LogP contribution is -2.22. The van der Waals surface area contributed by atoms with Crippen molar-refractivity contribution in [2.75, 3.05) is 5.73 Å². The lowest BCUT2D eigenvalue weighted by atomic mass is 10.2. The van der Waals surface area contributed by atoms with E-state index in [2.05, 4.69) is 10.3 Å². The van der Waals surface area contributed by atoms with Gasteiger partial charge in [-0.25, -0.2) is 0 Å². The quantitative estimate of drug-likeness (QED) is 0.423. The van der Waals surface area contributed by atoms with Gasteiger partial charge < -0.3 is 10.9 Å². The predicted molar refractivity (Wildman–Crippen MR) is 45.4 cm³/mol. The van der Waals surface area contributed by atoms with Gasteiger partial charge in [0.1, 0.15) is 5.52 Å². The molecule has 1 aromatic carbocycles. The molecule has 0 fully saturated rings. The summed E-state index contributed by atoms with van der Waals surface area (Å²) in [6.45, 7) is 0. The summed E-state index contributed by atoms with van der Waals surface area (Å²) in [5, 5.41) is 15.9. The van der Waals surface area contributed by atoms with Gasteiger partial charge in [-0.15, -0.1) is 5.10 Å². The second-order valence-corrected chi connectivity index (χ2v) is 2.53. The zero-order chi connectivity index (χ0) is 9.42. The zero-order valence-electron chi connectivity index (χ0n) is 6.51. The Bertz CT molecular complexity index is 519. The first-order valence-corrected chi connectivity index (χ1v) is 3.53. The van der Waals surface area contributed by atoms with Crippen LogP contribution in [-0.2, 0) is 0 Å². The monoisotopic (exact) mass is 178 g/mol. The van der Waals surface area contributed by atoms with Crippen molar-refractivity contribution >= 4 is 16.6 Å². The number of hydrogen-bond acceptors (Lipinski definition) is 5. The summed E-state index contributed by atoms with van der Waals surface area (Å²) in [7, 11) is 0. The van der Waals surface area contributed by atoms with E-state index in [9.17, 15) is 4.79 Å². The molecule has 66 valence electrons. The molecule has 2 rings (SSSR count). The van der Waals surface area contributed by atoms with Gasteiger partial charge in [0.25, 0.3) is 0 Å². The predicted octanol–water partition coefficient (Wildman–Crippen LogP) is -0.389. The van der Waals surface area contributed by atoms with Gasteiger partial charge in [-0.1, -0.05) is 6.07 Å². The molecule has 0 aliphatic rings. The second kappa shape index (κ2) is 2.44. The molecule has 1 aromatic heterocycles. The molecule has 0 atom stereocenters. The minimum atomic E-state index is -0.664. The number of nitrogens with zero attached hydrogens (tertiary/aromatic N) is 3. The zero-order valence-corrected chi connectivity index (χ0v) is 6.51. The van der Waals surface area contributed by atoms with Crippen molar-refractivity contribution in [3.8, 4) is 0 Å². The molecule has 0 aliphatic carbocycles. The van der Waals surface area contributed by atoms with Crippen LogP contribution in [0.5, 0.6) is 0 Å². The van der Waals surface area contributed by atoms with Crippen molar-refractivity contribution in [3.05, 3.63) is 28.6 Å². The van der Waals surface area contributed by atoms with E-state index < -0.39 is 5.56 Å². The molecule has 0 spiro atoms. The normalized spacial score (nSPS) is 10.5. The summed E-state index contributed by atoms with van der Waals surface area (Å²) < 4.78 is 0. The molecule has 6 nitrogen and oxygen atoms in total. The third kappa shape index (κ3) is 0.994. The van der Waals surface area contributed by atoms with E-state index in [0.29, 0.717) is 5.52 Å². The Morgan fingerprint density at radius 1 is 1.46 bits per heavy atom. The van der Waals surface area contributed by atoms with Crippen molar-refractivity contribution in [1.82, 2.24) is 15.2 Å². The summed E-state index contributed by atoms with van der Waals surface area (Å²) in [5.41, 5.74) is 5.52. The molecule has 0 amide bonds. The van der Waals surface area contributed by atoms with Crippen LogP contribution in [0.4, 0.5) is 5.69 Å². The van der Waals surface area contributed by atoms with Crippen molar-refractivity contribution in [1.29, 1.82) is 0 Å². The second-order valence-electron chi connectivity index (χ2n) is 2.53. The number of rotatable bonds is 0. The van der Waals surface area contributed by atoms with Gasteiger partial charge in [-0.3, -0.25) is 4.79 Å². The van der Waals surface area contributed by atoms with Crippen LogP contribution < -0.4 is 11.3 Å². The Kier molecular flexibility index (Phi) is 1.42. The van der Waals surface area contributed by atoms with Gasteiger partial charge >= 0.3 is 5.56 Å². The highest BCUT2D eigenvalue weighted by atomic mass is 16.5. The van der Waals surface area contributed by atoms with E-state index in [1.54, 1.807) is 18.2 Å². The average molecular weight is 178 g/mol. The van der Waals surface area contributed by atoms with Crippen LogP contribution in [0.15, 0.2) is 23.0 Å². The minimum Gasteiger partial charge on any atom is -0.407 e. The standard InChI is InChI=1S/C7H6N4O2/c8-4-2-1-3-5-6(4)7(12)11(13)10-9-5/h1-3,13H,8H2. The van der Waals surface area contributed by atoms with E-state index in [0.717, 1.165) is 0 Å². The molecule has 1 heterocycles. The van der Waals surface area contributed by atoms with Crippen molar-refractivity contribution < 1.29 is 5.21 Å². The lowest BCUT2D eigenvalue weighted by Gasteiger charge is -1.99. The molecule has 0 radical (unpaired) electrons. The van der Waals surface area contributed by atoms with Gasteiger partial charge in [0.05, 0.1) is 5.39 Å². The van der Waals surface area contributed by atoms with Gasteiger partial charge in [0.15, 0.2) is 0 Å². The number of hydrogen-bond donors (Lipinski definition) is 2. The number of anilines is 1. The van der Waals surface area contributed by atoms with Crippen molar-refractivity contribution in [3.63, 3.8) is 0 Å². The third-order valence-corrected chi connectivity index (χ3v) is 1.71. The molecule has 2 aromatic rings. The molecule has 0 aliphatic heterocycles. The fourth-order valence-electron chi connectivity index (χ4n) is 1.11. The number of fused-ring (bicyclic) bond motifs is 1. The maximum atomic E-state index is 11.3. The highest BCUT2D eigenvalue weighted by Gasteiger charge is 2.06. The first kappa shape index (κ1) is 7.53. The van der Waals surface area contributed by atoms with Crippen molar-refractivity contribution in [2.24, 2.45) is 0 Å². The van der Waals surface area contributed by atoms with E-state index in [1.807, 2.05) is 0 Å². The van der Waals surface area contributed by atoms with Crippen LogP contribution in [0.2, 0.25) is 0 Å². The molecular weight excluding hydrogens is 172 g/mol. The van der Waals surface area contributed by atoms with E-state index >= 15 is 0 Å². The molecule has 0 saturated carbocycles. The Morgan fingerprint density at radius 2 is 2.23 bits per heavy atom. The van der Waals surface area contributed by atoms with Crippen LogP contribution in [0.1, 0.15) is 0 Å². The number of aromatic nitrogens is 3. The van der Waals surface area contributed by atoms with Crippen LogP contribution in [0.3, 0.4) is 0 Å². The van der Waals surface area contributed by atoms with Crippen LogP contribution in [0, 0.1) is 0 Å². The largest absolute Gasteiger partial charge is 0.407 e. The van der Waals surface area contributed by atoms with E-state index in [-0.39, 0.29) is 15.9 Å². The number of nitrogens with two attached hydrogens (primary N) is 1. The van der Waals surface area contributed by atoms with Crippen LogP contribution >= 0.6 is 0 Å². The fraction of sp³-hybridized carbons (Fsp3) is 0. The molecule has 0 saturated heterocycles. The summed E-state index contributed by atoms with van der Waals surface area (Å²) in [6.07, 6.45) is 0. The number of benzene rings is 1. The van der Waals surface area contributed by atoms with Crippen LogP contribution in [-0.4, -0.2) is 20.4 Å². The minimum absolute atomic E-state index is 0.165. The molecule has 13 heavy (non-hydrogen) atoms. The summed E-state index contributed by atoms with van der Waals surface area (Å²) >= 11 is 0. The van der Waals surface area contributed by atoms with E-state index in [4.69, 9.17) is 10.9 Å². The summed E-state index contributed by atoms with van der Waals surface area (Å²) in [4.78, 5) is 11.4. The first-order chi connectivity index (χ1) is 6.20. The first-order valence-electron chi connectivity index (χ1n) is 3.53. The Balaban J connectivity index is 3.06. The van der Waals surface area contributed by atoms with Crippen LogP contribution in [0.25, 0.3) is 10.9 Å². The highest BCUT2D eigenvalue weighted by molar-refractivity contribution is 5.88. The maximum absolute atomic E-state index is 11.3. The van der Waals surface area contributed by atoms with Gasteiger partial charge in [-0.05, 0) is 22.2 Å². The highest BCUT2D eigenvalue weighted by Crippen LogP contribution is 2.12. The maximum Gasteiger partial charge on any atom is 0.316 e. The Labute approximate surface area is 72.2 Å². The Hall–Kier alpha value is -2.11. The molecule has 0 unspecified atom stereocenters. The lowest BCUT2D eigenvalue weighted by molar-refractivity contribution is 0.127. The van der Waals surface area contributed by atoms with Gasteiger partial charge in [0, 0.05) is 5.69 Å². The molecular formula is C7H6N4O2. The van der Waals surface area contributed by atoms with Gasteiger partial charge in [0.2, 0.25) is 0 Å². The van der Waals surface area contributed by atoms with Gasteiger partial charge in [-0.2, -0.15) is 0 Å². The SMILES string of the molecule is Nc1cccc2nnn(O)c(=O)c12. The fourth-order valence-corrected chi connectivity index (χ4v) is 1.11. The average Bonchev–Trinajstić information content (AvgIpc) is 2.12. The summed E-state index contributed by atoms with van der Waals surface area (Å²) in [5.74, 6) is 0.